The summed E-state index contributed by atoms with van der Waals surface area (Å²) in [4.78, 5) is 15.5. The highest BCUT2D eigenvalue weighted by molar-refractivity contribution is 7.25. The van der Waals surface area contributed by atoms with Crippen molar-refractivity contribution in [2.24, 2.45) is 0 Å². The van der Waals surface area contributed by atoms with Crippen molar-refractivity contribution in [3.8, 4) is 51.0 Å². The highest BCUT2D eigenvalue weighted by Gasteiger charge is 2.20. The van der Waals surface area contributed by atoms with Crippen LogP contribution in [0.2, 0.25) is 0 Å². The predicted octanol–water partition coefficient (Wildman–Crippen LogP) is 13.9. The first-order valence-electron chi connectivity index (χ1n) is 19.0. The van der Waals surface area contributed by atoms with Crippen molar-refractivity contribution in [3.63, 3.8) is 0 Å². The van der Waals surface area contributed by atoms with Gasteiger partial charge in [-0.25, -0.2) is 15.0 Å². The number of hydrogen-bond donors (Lipinski definition) is 0. The lowest BCUT2D eigenvalue weighted by Crippen LogP contribution is -2.00. The normalized spacial score (nSPS) is 11.9. The highest BCUT2D eigenvalue weighted by atomic mass is 32.1. The Bertz CT molecular complexity index is 3530. The van der Waals surface area contributed by atoms with E-state index in [1.807, 2.05) is 42.5 Å². The number of thiophene rings is 1. The van der Waals surface area contributed by atoms with Crippen LogP contribution < -0.4 is 0 Å². The van der Waals surface area contributed by atoms with Crippen molar-refractivity contribution in [2.45, 2.75) is 0 Å². The lowest BCUT2D eigenvalue weighted by molar-refractivity contribution is 0.669. The molecule has 0 aliphatic rings. The first kappa shape index (κ1) is 31.9. The Labute approximate surface area is 330 Å². The minimum Gasteiger partial charge on any atom is -0.456 e. The predicted molar refractivity (Wildman–Crippen MR) is 236 cm³/mol. The van der Waals surface area contributed by atoms with Crippen molar-refractivity contribution in [2.75, 3.05) is 0 Å². The summed E-state index contributed by atoms with van der Waals surface area (Å²) in [7, 11) is 0. The highest BCUT2D eigenvalue weighted by Crippen LogP contribution is 2.43. The molecule has 57 heavy (non-hydrogen) atoms. The van der Waals surface area contributed by atoms with E-state index in [0.717, 1.165) is 61.0 Å². The van der Waals surface area contributed by atoms with E-state index in [2.05, 4.69) is 144 Å². The van der Waals surface area contributed by atoms with Crippen LogP contribution in [0.5, 0.6) is 0 Å². The Morgan fingerprint density at radius 1 is 0.386 bits per heavy atom. The second-order valence-electron chi connectivity index (χ2n) is 14.4. The Balaban J connectivity index is 1.10. The summed E-state index contributed by atoms with van der Waals surface area (Å²) in [5, 5.41) is 6.95. The van der Waals surface area contributed by atoms with Crippen molar-refractivity contribution in [1.82, 2.24) is 19.5 Å². The minimum atomic E-state index is 0.583. The molecule has 4 aromatic heterocycles. The van der Waals surface area contributed by atoms with Gasteiger partial charge in [0.25, 0.3) is 0 Å². The molecular weight excluding hydrogens is 717 g/mol. The van der Waals surface area contributed by atoms with Crippen LogP contribution in [-0.2, 0) is 0 Å². The Morgan fingerprint density at radius 2 is 1.00 bits per heavy atom. The number of rotatable bonds is 5. The number of benzene rings is 8. The zero-order valence-corrected chi connectivity index (χ0v) is 31.2. The number of hydrogen-bond acceptors (Lipinski definition) is 5. The molecular formula is C51H30N4OS. The van der Waals surface area contributed by atoms with Crippen LogP contribution in [0.4, 0.5) is 0 Å². The number of furan rings is 1. The second-order valence-corrected chi connectivity index (χ2v) is 15.5. The van der Waals surface area contributed by atoms with E-state index < -0.39 is 0 Å². The molecule has 0 bridgehead atoms. The summed E-state index contributed by atoms with van der Waals surface area (Å²) in [6.45, 7) is 0. The third kappa shape index (κ3) is 5.12. The maximum Gasteiger partial charge on any atom is 0.164 e. The van der Waals surface area contributed by atoms with Crippen molar-refractivity contribution in [3.05, 3.63) is 182 Å². The van der Waals surface area contributed by atoms with E-state index in [1.165, 1.54) is 36.5 Å². The molecule has 0 saturated heterocycles. The van der Waals surface area contributed by atoms with Crippen molar-refractivity contribution in [1.29, 1.82) is 0 Å². The van der Waals surface area contributed by atoms with E-state index in [4.69, 9.17) is 19.4 Å². The fourth-order valence-corrected chi connectivity index (χ4v) is 9.51. The quantitative estimate of drug-likeness (QED) is 0.176. The monoisotopic (exact) mass is 746 g/mol. The van der Waals surface area contributed by atoms with Gasteiger partial charge in [-0.3, -0.25) is 0 Å². The molecule has 0 amide bonds. The molecule has 0 aliphatic carbocycles. The van der Waals surface area contributed by atoms with Gasteiger partial charge in [-0.05, 0) is 83.9 Å². The Kier molecular flexibility index (Phi) is 7.03. The molecule has 0 radical (unpaired) electrons. The van der Waals surface area contributed by atoms with Gasteiger partial charge in [0.2, 0.25) is 0 Å². The standard InChI is InChI=1S/C51H30N4OS/c1-3-13-31(14-4-1)49-52-50(33-24-26-47-41(28-33)37-18-9-12-22-46(37)57-47)54-51(53-49)34-29-39(48-38-19-8-11-21-44(38)56-45(48)30-34)32-23-25-43-40(27-32)36-17-7-10-20-42(36)55(43)35-15-5-2-6-16-35/h1-30H. The van der Waals surface area contributed by atoms with Crippen LogP contribution in [0, 0.1) is 0 Å². The third-order valence-electron chi connectivity index (χ3n) is 11.0. The molecule has 0 unspecified atom stereocenters. The molecule has 0 saturated carbocycles. The average molecular weight is 747 g/mol. The molecule has 12 rings (SSSR count). The minimum absolute atomic E-state index is 0.583. The molecule has 12 aromatic rings. The van der Waals surface area contributed by atoms with E-state index >= 15 is 0 Å². The number of para-hydroxylation sites is 3. The number of aromatic nitrogens is 4. The van der Waals surface area contributed by atoms with Crippen LogP contribution in [0.25, 0.3) is 115 Å². The molecule has 0 aliphatic heterocycles. The van der Waals surface area contributed by atoms with E-state index in [9.17, 15) is 0 Å². The van der Waals surface area contributed by atoms with E-state index in [0.29, 0.717) is 17.5 Å². The Hall–Kier alpha value is -7.41. The van der Waals surface area contributed by atoms with E-state index in [1.54, 1.807) is 11.3 Å². The largest absolute Gasteiger partial charge is 0.456 e. The summed E-state index contributed by atoms with van der Waals surface area (Å²) in [6.07, 6.45) is 0. The summed E-state index contributed by atoms with van der Waals surface area (Å²) in [6, 6.07) is 63.8. The van der Waals surface area contributed by atoms with Gasteiger partial charge in [-0.15, -0.1) is 11.3 Å². The molecule has 6 heteroatoms. The van der Waals surface area contributed by atoms with Gasteiger partial charge in [-0.1, -0.05) is 109 Å². The van der Waals surface area contributed by atoms with E-state index in [-0.39, 0.29) is 0 Å². The van der Waals surface area contributed by atoms with Gasteiger partial charge in [0.1, 0.15) is 11.2 Å². The molecule has 0 atom stereocenters. The van der Waals surface area contributed by atoms with Gasteiger partial charge in [0, 0.05) is 64.1 Å². The topological polar surface area (TPSA) is 56.7 Å². The molecule has 8 aromatic carbocycles. The van der Waals surface area contributed by atoms with Gasteiger partial charge in [0.05, 0.1) is 11.0 Å². The fraction of sp³-hybridized carbons (Fsp3) is 0. The second kappa shape index (κ2) is 12.6. The summed E-state index contributed by atoms with van der Waals surface area (Å²) in [5.74, 6) is 1.82. The third-order valence-corrected chi connectivity index (χ3v) is 12.2. The first-order chi connectivity index (χ1) is 28.2. The smallest absolute Gasteiger partial charge is 0.164 e. The van der Waals surface area contributed by atoms with Gasteiger partial charge in [-0.2, -0.15) is 0 Å². The maximum absolute atomic E-state index is 6.63. The van der Waals surface area contributed by atoms with Crippen LogP contribution in [0.3, 0.4) is 0 Å². The molecule has 5 nitrogen and oxygen atoms in total. The van der Waals surface area contributed by atoms with Crippen LogP contribution >= 0.6 is 11.3 Å². The number of fused-ring (bicyclic) bond motifs is 9. The molecule has 266 valence electrons. The van der Waals surface area contributed by atoms with Crippen molar-refractivity contribution >= 4 is 75.3 Å². The van der Waals surface area contributed by atoms with Gasteiger partial charge >= 0.3 is 0 Å². The lowest BCUT2D eigenvalue weighted by Gasteiger charge is -2.12. The zero-order valence-electron chi connectivity index (χ0n) is 30.4. The van der Waals surface area contributed by atoms with Gasteiger partial charge < -0.3 is 8.98 Å². The average Bonchev–Trinajstić information content (AvgIpc) is 3.95. The first-order valence-corrected chi connectivity index (χ1v) is 19.8. The molecule has 0 fully saturated rings. The van der Waals surface area contributed by atoms with Crippen molar-refractivity contribution < 1.29 is 4.42 Å². The zero-order chi connectivity index (χ0) is 37.5. The summed E-state index contributed by atoms with van der Waals surface area (Å²) in [5.41, 5.74) is 9.94. The molecule has 0 spiro atoms. The van der Waals surface area contributed by atoms with Crippen LogP contribution in [0.1, 0.15) is 0 Å². The Morgan fingerprint density at radius 3 is 1.84 bits per heavy atom. The van der Waals surface area contributed by atoms with Crippen LogP contribution in [0.15, 0.2) is 186 Å². The maximum atomic E-state index is 6.63. The number of nitrogens with zero attached hydrogens (tertiary/aromatic N) is 4. The van der Waals surface area contributed by atoms with Gasteiger partial charge in [0.15, 0.2) is 17.5 Å². The molecule has 4 heterocycles. The fourth-order valence-electron chi connectivity index (χ4n) is 8.42. The van der Waals surface area contributed by atoms with Crippen LogP contribution in [-0.4, -0.2) is 19.5 Å². The summed E-state index contributed by atoms with van der Waals surface area (Å²) >= 11 is 1.80. The summed E-state index contributed by atoms with van der Waals surface area (Å²) < 4.78 is 11.5. The SMILES string of the molecule is c1ccc(-c2nc(-c3cc(-c4ccc5c(c4)c4ccccc4n5-c4ccccc4)c4c(c3)oc3ccccc34)nc(-c3ccc4sc5ccccc5c4c3)n2)cc1. The molecule has 0 N–H and O–H groups in total. The lowest BCUT2D eigenvalue weighted by atomic mass is 9.95.